The molecule has 1 aromatic carbocycles. The van der Waals surface area contributed by atoms with Crippen LogP contribution in [0.4, 0.5) is 5.69 Å². The summed E-state index contributed by atoms with van der Waals surface area (Å²) in [6.07, 6.45) is 0. The number of nitrogens with two attached hydrogens (primary N) is 1. The van der Waals surface area contributed by atoms with Gasteiger partial charge in [0.05, 0.1) is 0 Å². The third kappa shape index (κ3) is 3.66. The molecule has 1 fully saturated rings. The van der Waals surface area contributed by atoms with Crippen molar-refractivity contribution in [2.75, 3.05) is 37.6 Å². The predicted molar refractivity (Wildman–Crippen MR) is 87.5 cm³/mol. The first-order valence-electron chi connectivity index (χ1n) is 7.36. The van der Waals surface area contributed by atoms with Gasteiger partial charge in [0.15, 0.2) is 0 Å². The zero-order chi connectivity index (χ0) is 14.8. The summed E-state index contributed by atoms with van der Waals surface area (Å²) in [6, 6.07) is 8.56. The van der Waals surface area contributed by atoms with Crippen LogP contribution in [0.1, 0.15) is 20.8 Å². The van der Waals surface area contributed by atoms with E-state index in [-0.39, 0.29) is 5.41 Å². The average Bonchev–Trinajstić information content (AvgIpc) is 2.38. The van der Waals surface area contributed by atoms with Crippen molar-refractivity contribution in [2.45, 2.75) is 26.8 Å². The fourth-order valence-corrected chi connectivity index (χ4v) is 3.20. The van der Waals surface area contributed by atoms with Crippen LogP contribution in [0.5, 0.6) is 0 Å². The first-order chi connectivity index (χ1) is 9.41. The Balaban J connectivity index is 1.98. The second-order valence-electron chi connectivity index (χ2n) is 6.62. The van der Waals surface area contributed by atoms with E-state index in [0.717, 1.165) is 37.7 Å². The standard InChI is InChI=1S/C16H26ClN3/c1-16(2,3)15(12-18)20-9-7-19(8-10-20)14-6-4-5-13(17)11-14/h4-6,11,15H,7-10,12,18H2,1-3H3. The number of benzene rings is 1. The molecule has 4 heteroatoms. The van der Waals surface area contributed by atoms with Gasteiger partial charge in [0.2, 0.25) is 0 Å². The Morgan fingerprint density at radius 2 is 1.85 bits per heavy atom. The van der Waals surface area contributed by atoms with Gasteiger partial charge in [-0.1, -0.05) is 38.4 Å². The van der Waals surface area contributed by atoms with Crippen molar-refractivity contribution in [3.63, 3.8) is 0 Å². The van der Waals surface area contributed by atoms with E-state index in [0.29, 0.717) is 6.04 Å². The zero-order valence-electron chi connectivity index (χ0n) is 12.8. The Labute approximate surface area is 127 Å². The summed E-state index contributed by atoms with van der Waals surface area (Å²) < 4.78 is 0. The van der Waals surface area contributed by atoms with Crippen molar-refractivity contribution in [1.82, 2.24) is 4.90 Å². The van der Waals surface area contributed by atoms with Gasteiger partial charge in [-0.25, -0.2) is 0 Å². The molecule has 1 aliphatic rings. The van der Waals surface area contributed by atoms with Crippen LogP contribution in [0.2, 0.25) is 5.02 Å². The zero-order valence-corrected chi connectivity index (χ0v) is 13.5. The largest absolute Gasteiger partial charge is 0.369 e. The molecule has 112 valence electrons. The molecule has 20 heavy (non-hydrogen) atoms. The van der Waals surface area contributed by atoms with Crippen LogP contribution in [0.25, 0.3) is 0 Å². The van der Waals surface area contributed by atoms with E-state index in [1.807, 2.05) is 18.2 Å². The minimum absolute atomic E-state index is 0.229. The van der Waals surface area contributed by atoms with E-state index < -0.39 is 0 Å². The molecule has 1 unspecified atom stereocenters. The van der Waals surface area contributed by atoms with Crippen LogP contribution in [0.15, 0.2) is 24.3 Å². The molecule has 1 aliphatic heterocycles. The molecule has 0 spiro atoms. The molecule has 0 aromatic heterocycles. The summed E-state index contributed by atoms with van der Waals surface area (Å²) >= 11 is 6.07. The number of nitrogens with zero attached hydrogens (tertiary/aromatic N) is 2. The predicted octanol–water partition coefficient (Wildman–Crippen LogP) is 2.84. The van der Waals surface area contributed by atoms with E-state index >= 15 is 0 Å². The number of hydrogen-bond acceptors (Lipinski definition) is 3. The highest BCUT2D eigenvalue weighted by Gasteiger charge is 2.31. The van der Waals surface area contributed by atoms with E-state index in [9.17, 15) is 0 Å². The number of rotatable bonds is 3. The summed E-state index contributed by atoms with van der Waals surface area (Å²) in [4.78, 5) is 4.93. The topological polar surface area (TPSA) is 32.5 Å². The molecule has 0 amide bonds. The maximum Gasteiger partial charge on any atom is 0.0426 e. The lowest BCUT2D eigenvalue weighted by Crippen LogP contribution is -2.56. The normalized spacial score (nSPS) is 19.1. The van der Waals surface area contributed by atoms with Gasteiger partial charge < -0.3 is 10.6 Å². The molecule has 0 aliphatic carbocycles. The first kappa shape index (κ1) is 15.6. The highest BCUT2D eigenvalue weighted by Crippen LogP contribution is 2.26. The Morgan fingerprint density at radius 3 is 2.35 bits per heavy atom. The van der Waals surface area contributed by atoms with Crippen LogP contribution in [-0.2, 0) is 0 Å². The van der Waals surface area contributed by atoms with Gasteiger partial charge >= 0.3 is 0 Å². The molecule has 1 atom stereocenters. The molecular weight excluding hydrogens is 270 g/mol. The van der Waals surface area contributed by atoms with Gasteiger partial charge in [-0.05, 0) is 23.6 Å². The summed E-state index contributed by atoms with van der Waals surface area (Å²) in [5, 5.41) is 0.805. The second-order valence-corrected chi connectivity index (χ2v) is 7.06. The first-order valence-corrected chi connectivity index (χ1v) is 7.74. The summed E-state index contributed by atoms with van der Waals surface area (Å²) in [5.74, 6) is 0. The average molecular weight is 296 g/mol. The van der Waals surface area contributed by atoms with Crippen molar-refractivity contribution in [1.29, 1.82) is 0 Å². The minimum Gasteiger partial charge on any atom is -0.369 e. The molecule has 1 aromatic rings. The number of anilines is 1. The van der Waals surface area contributed by atoms with Crippen LogP contribution < -0.4 is 10.6 Å². The molecule has 1 heterocycles. The molecule has 3 nitrogen and oxygen atoms in total. The van der Waals surface area contributed by atoms with E-state index in [4.69, 9.17) is 17.3 Å². The van der Waals surface area contributed by atoms with Gasteiger partial charge in [0, 0.05) is 49.5 Å². The third-order valence-electron chi connectivity index (χ3n) is 4.15. The SMILES string of the molecule is CC(C)(C)C(CN)N1CCN(c2cccc(Cl)c2)CC1. The minimum atomic E-state index is 0.229. The van der Waals surface area contributed by atoms with Crippen LogP contribution >= 0.6 is 11.6 Å². The fourth-order valence-electron chi connectivity index (χ4n) is 3.01. The molecule has 2 N–H and O–H groups in total. The number of halogens is 1. The Hall–Kier alpha value is -0.770. The van der Waals surface area contributed by atoms with E-state index in [2.05, 4.69) is 36.6 Å². The molecule has 0 saturated carbocycles. The molecule has 0 bridgehead atoms. The quantitative estimate of drug-likeness (QED) is 0.931. The fraction of sp³-hybridized carbons (Fsp3) is 0.625. The van der Waals surface area contributed by atoms with Gasteiger partial charge in [-0.15, -0.1) is 0 Å². The maximum atomic E-state index is 6.07. The maximum absolute atomic E-state index is 6.07. The van der Waals surface area contributed by atoms with Crippen LogP contribution in [-0.4, -0.2) is 43.7 Å². The molecule has 1 saturated heterocycles. The van der Waals surface area contributed by atoms with Crippen molar-refractivity contribution in [3.8, 4) is 0 Å². The van der Waals surface area contributed by atoms with E-state index in [1.165, 1.54) is 5.69 Å². The number of piperazine rings is 1. The van der Waals surface area contributed by atoms with Gasteiger partial charge in [-0.3, -0.25) is 4.90 Å². The Morgan fingerprint density at radius 1 is 1.20 bits per heavy atom. The highest BCUT2D eigenvalue weighted by atomic mass is 35.5. The van der Waals surface area contributed by atoms with Crippen molar-refractivity contribution in [3.05, 3.63) is 29.3 Å². The van der Waals surface area contributed by atoms with Crippen molar-refractivity contribution < 1.29 is 0 Å². The van der Waals surface area contributed by atoms with Gasteiger partial charge in [-0.2, -0.15) is 0 Å². The molecular formula is C16H26ClN3. The smallest absolute Gasteiger partial charge is 0.0426 e. The van der Waals surface area contributed by atoms with Crippen LogP contribution in [0, 0.1) is 5.41 Å². The van der Waals surface area contributed by atoms with Crippen molar-refractivity contribution in [2.24, 2.45) is 11.1 Å². The van der Waals surface area contributed by atoms with Crippen LogP contribution in [0.3, 0.4) is 0 Å². The lowest BCUT2D eigenvalue weighted by molar-refractivity contribution is 0.0987. The summed E-state index contributed by atoms with van der Waals surface area (Å²) in [6.45, 7) is 11.7. The molecule has 2 rings (SSSR count). The molecule has 0 radical (unpaired) electrons. The second kappa shape index (κ2) is 6.33. The van der Waals surface area contributed by atoms with Crippen molar-refractivity contribution >= 4 is 17.3 Å². The third-order valence-corrected chi connectivity index (χ3v) is 4.39. The summed E-state index contributed by atoms with van der Waals surface area (Å²) in [5.41, 5.74) is 7.43. The highest BCUT2D eigenvalue weighted by molar-refractivity contribution is 6.30. The Kier molecular flexibility index (Phi) is 4.95. The lowest BCUT2D eigenvalue weighted by atomic mass is 9.85. The summed E-state index contributed by atoms with van der Waals surface area (Å²) in [7, 11) is 0. The Bertz CT molecular complexity index is 434. The monoisotopic (exact) mass is 295 g/mol. The van der Waals surface area contributed by atoms with Gasteiger partial charge in [0.1, 0.15) is 0 Å². The lowest BCUT2D eigenvalue weighted by Gasteiger charge is -2.44. The van der Waals surface area contributed by atoms with Gasteiger partial charge in [0.25, 0.3) is 0 Å². The van der Waals surface area contributed by atoms with E-state index in [1.54, 1.807) is 0 Å². The number of hydrogen-bond donors (Lipinski definition) is 1.